The van der Waals surface area contributed by atoms with Crippen LogP contribution in [-0.4, -0.2) is 5.11 Å². The van der Waals surface area contributed by atoms with E-state index in [2.05, 4.69) is 19.1 Å². The molecule has 4 atom stereocenters. The van der Waals surface area contributed by atoms with Crippen LogP contribution in [0.1, 0.15) is 49.5 Å². The molecule has 0 amide bonds. The van der Waals surface area contributed by atoms with Crippen LogP contribution < -0.4 is 0 Å². The maximum atomic E-state index is 10.5. The van der Waals surface area contributed by atoms with Crippen LogP contribution in [0, 0.1) is 24.7 Å². The highest BCUT2D eigenvalue weighted by molar-refractivity contribution is 5.78. The Balaban J connectivity index is 1.53. The molecule has 4 rings (SSSR count). The van der Waals surface area contributed by atoms with E-state index in [1.807, 2.05) is 12.1 Å². The third kappa shape index (κ3) is 2.07. The Labute approximate surface area is 119 Å². The normalized spacial score (nSPS) is 30.2. The van der Waals surface area contributed by atoms with Crippen molar-refractivity contribution >= 4 is 11.0 Å². The predicted molar refractivity (Wildman–Crippen MR) is 79.5 cm³/mol. The molecule has 2 aromatic rings. The lowest BCUT2D eigenvalue weighted by Crippen LogP contribution is -2.14. The Bertz CT molecular complexity index is 627. The molecule has 0 radical (unpaired) electrons. The molecular formula is C18H22O2. The van der Waals surface area contributed by atoms with Gasteiger partial charge in [0.2, 0.25) is 0 Å². The number of hydrogen-bond donors (Lipinski definition) is 1. The molecular weight excluding hydrogens is 248 g/mol. The zero-order valence-corrected chi connectivity index (χ0v) is 12.0. The van der Waals surface area contributed by atoms with Crippen LogP contribution in [0.25, 0.3) is 11.0 Å². The van der Waals surface area contributed by atoms with Crippen LogP contribution in [-0.2, 0) is 0 Å². The minimum absolute atomic E-state index is 0.438. The molecule has 2 aliphatic carbocycles. The van der Waals surface area contributed by atoms with Crippen LogP contribution in [0.2, 0.25) is 0 Å². The summed E-state index contributed by atoms with van der Waals surface area (Å²) in [5, 5.41) is 11.6. The quantitative estimate of drug-likeness (QED) is 0.884. The van der Waals surface area contributed by atoms with Crippen molar-refractivity contribution in [1.29, 1.82) is 0 Å². The molecule has 2 aliphatic rings. The topological polar surface area (TPSA) is 33.4 Å². The Kier molecular flexibility index (Phi) is 2.88. The number of rotatable bonds is 3. The minimum atomic E-state index is -0.438. The van der Waals surface area contributed by atoms with Gasteiger partial charge in [0.15, 0.2) is 0 Å². The van der Waals surface area contributed by atoms with Gasteiger partial charge in [0.05, 0.1) is 0 Å². The predicted octanol–water partition coefficient (Wildman–Crippen LogP) is 4.60. The Morgan fingerprint density at radius 2 is 2.15 bits per heavy atom. The molecule has 2 fully saturated rings. The van der Waals surface area contributed by atoms with Crippen LogP contribution >= 0.6 is 0 Å². The molecule has 2 nitrogen and oxygen atoms in total. The van der Waals surface area contributed by atoms with Crippen molar-refractivity contribution in [3.63, 3.8) is 0 Å². The highest BCUT2D eigenvalue weighted by atomic mass is 16.4. The fourth-order valence-electron chi connectivity index (χ4n) is 4.42. The Hall–Kier alpha value is -1.28. The lowest BCUT2D eigenvalue weighted by atomic mass is 9.84. The smallest absolute Gasteiger partial charge is 0.134 e. The van der Waals surface area contributed by atoms with Crippen LogP contribution in [0.5, 0.6) is 0 Å². The molecule has 2 saturated carbocycles. The van der Waals surface area contributed by atoms with E-state index in [1.54, 1.807) is 0 Å². The molecule has 0 saturated heterocycles. The van der Waals surface area contributed by atoms with Gasteiger partial charge in [-0.15, -0.1) is 0 Å². The molecule has 1 aromatic carbocycles. The van der Waals surface area contributed by atoms with Crippen molar-refractivity contribution in [2.75, 3.05) is 0 Å². The number of fused-ring (bicyclic) bond motifs is 3. The number of aliphatic hydroxyl groups is 1. The molecule has 2 bridgehead atoms. The zero-order valence-electron chi connectivity index (χ0n) is 12.0. The van der Waals surface area contributed by atoms with E-state index in [1.165, 1.54) is 31.2 Å². The SMILES string of the molecule is Cc1ccc2oc(C(O)CC3CC4CCC3C4)cc2c1. The summed E-state index contributed by atoms with van der Waals surface area (Å²) in [5.74, 6) is 3.25. The van der Waals surface area contributed by atoms with E-state index in [4.69, 9.17) is 4.42 Å². The molecule has 20 heavy (non-hydrogen) atoms. The first-order valence-corrected chi connectivity index (χ1v) is 7.87. The van der Waals surface area contributed by atoms with Gasteiger partial charge in [0, 0.05) is 5.39 Å². The number of aliphatic hydroxyl groups excluding tert-OH is 1. The lowest BCUT2D eigenvalue weighted by molar-refractivity contribution is 0.106. The van der Waals surface area contributed by atoms with Crippen LogP contribution in [0.15, 0.2) is 28.7 Å². The first kappa shape index (κ1) is 12.5. The summed E-state index contributed by atoms with van der Waals surface area (Å²) in [6.07, 6.45) is 5.95. The van der Waals surface area contributed by atoms with Gasteiger partial charge in [-0.3, -0.25) is 0 Å². The minimum Gasteiger partial charge on any atom is -0.458 e. The maximum absolute atomic E-state index is 10.5. The van der Waals surface area contributed by atoms with Crippen molar-refractivity contribution in [1.82, 2.24) is 0 Å². The van der Waals surface area contributed by atoms with E-state index < -0.39 is 6.10 Å². The summed E-state index contributed by atoms with van der Waals surface area (Å²) in [6.45, 7) is 2.08. The van der Waals surface area contributed by atoms with Crippen molar-refractivity contribution in [3.8, 4) is 0 Å². The second-order valence-electron chi connectivity index (χ2n) is 6.88. The number of furan rings is 1. The maximum Gasteiger partial charge on any atom is 0.134 e. The Morgan fingerprint density at radius 1 is 1.25 bits per heavy atom. The van der Waals surface area contributed by atoms with E-state index in [0.717, 1.165) is 35.0 Å². The van der Waals surface area contributed by atoms with Gasteiger partial charge in [0.25, 0.3) is 0 Å². The number of benzene rings is 1. The highest BCUT2D eigenvalue weighted by Gasteiger charge is 2.40. The first-order valence-electron chi connectivity index (χ1n) is 7.87. The zero-order chi connectivity index (χ0) is 13.7. The van der Waals surface area contributed by atoms with Gasteiger partial charge in [-0.25, -0.2) is 0 Å². The lowest BCUT2D eigenvalue weighted by Gasteiger charge is -2.23. The third-order valence-electron chi connectivity index (χ3n) is 5.43. The largest absolute Gasteiger partial charge is 0.458 e. The van der Waals surface area contributed by atoms with Crippen molar-refractivity contribution in [2.24, 2.45) is 17.8 Å². The molecule has 106 valence electrons. The first-order chi connectivity index (χ1) is 9.69. The summed E-state index contributed by atoms with van der Waals surface area (Å²) < 4.78 is 5.83. The van der Waals surface area contributed by atoms with Crippen molar-refractivity contribution < 1.29 is 9.52 Å². The summed E-state index contributed by atoms with van der Waals surface area (Å²) in [6, 6.07) is 8.18. The molecule has 2 heteroatoms. The fraction of sp³-hybridized carbons (Fsp3) is 0.556. The molecule has 1 heterocycles. The van der Waals surface area contributed by atoms with Crippen LogP contribution in [0.4, 0.5) is 0 Å². The van der Waals surface area contributed by atoms with Crippen molar-refractivity contribution in [3.05, 3.63) is 35.6 Å². The second-order valence-corrected chi connectivity index (χ2v) is 6.88. The molecule has 1 aromatic heterocycles. The van der Waals surface area contributed by atoms with Crippen molar-refractivity contribution in [2.45, 2.75) is 45.1 Å². The monoisotopic (exact) mass is 270 g/mol. The number of aryl methyl sites for hydroxylation is 1. The molecule has 0 aliphatic heterocycles. The van der Waals surface area contributed by atoms with E-state index in [0.29, 0.717) is 5.92 Å². The van der Waals surface area contributed by atoms with Gasteiger partial charge in [0.1, 0.15) is 17.4 Å². The summed E-state index contributed by atoms with van der Waals surface area (Å²) in [4.78, 5) is 0. The van der Waals surface area contributed by atoms with Gasteiger partial charge in [-0.1, -0.05) is 18.1 Å². The average Bonchev–Trinajstić information content (AvgIpc) is 3.11. The highest BCUT2D eigenvalue weighted by Crippen LogP contribution is 2.51. The molecule has 0 spiro atoms. The number of hydrogen-bond acceptors (Lipinski definition) is 2. The van der Waals surface area contributed by atoms with E-state index in [9.17, 15) is 5.11 Å². The van der Waals surface area contributed by atoms with E-state index in [-0.39, 0.29) is 0 Å². The molecule has 1 N–H and O–H groups in total. The average molecular weight is 270 g/mol. The third-order valence-corrected chi connectivity index (χ3v) is 5.43. The second kappa shape index (κ2) is 4.63. The van der Waals surface area contributed by atoms with Gasteiger partial charge in [-0.05, 0) is 68.6 Å². The van der Waals surface area contributed by atoms with Gasteiger partial charge in [-0.2, -0.15) is 0 Å². The Morgan fingerprint density at radius 3 is 2.90 bits per heavy atom. The van der Waals surface area contributed by atoms with Gasteiger partial charge >= 0.3 is 0 Å². The van der Waals surface area contributed by atoms with Crippen LogP contribution in [0.3, 0.4) is 0 Å². The summed E-state index contributed by atoms with van der Waals surface area (Å²) >= 11 is 0. The summed E-state index contributed by atoms with van der Waals surface area (Å²) in [5.41, 5.74) is 2.12. The summed E-state index contributed by atoms with van der Waals surface area (Å²) in [7, 11) is 0. The van der Waals surface area contributed by atoms with E-state index >= 15 is 0 Å². The molecule has 4 unspecified atom stereocenters. The van der Waals surface area contributed by atoms with Gasteiger partial charge < -0.3 is 9.52 Å². The fourth-order valence-corrected chi connectivity index (χ4v) is 4.42. The standard InChI is InChI=1S/C18H22O2/c1-11-2-5-17-15(6-11)10-18(20-17)16(19)9-14-8-12-3-4-13(14)7-12/h2,5-6,10,12-14,16,19H,3-4,7-9H2,1H3.